The van der Waals surface area contributed by atoms with Crippen LogP contribution in [0.3, 0.4) is 0 Å². The number of hydrogen-bond acceptors (Lipinski definition) is 7. The number of benzene rings is 3. The summed E-state index contributed by atoms with van der Waals surface area (Å²) in [6.07, 6.45) is 2.49. The normalized spacial score (nSPS) is 14.4. The van der Waals surface area contributed by atoms with Crippen LogP contribution in [0.5, 0.6) is 0 Å². The van der Waals surface area contributed by atoms with Gasteiger partial charge < -0.3 is 24.6 Å². The van der Waals surface area contributed by atoms with E-state index in [1.807, 2.05) is 30.6 Å². The minimum absolute atomic E-state index is 0.0260. The Morgan fingerprint density at radius 1 is 0.821 bits per heavy atom. The molecule has 5 aromatic rings. The summed E-state index contributed by atoms with van der Waals surface area (Å²) in [5.41, 5.74) is 6.15. The number of aliphatic hydroxyl groups is 1. The van der Waals surface area contributed by atoms with Gasteiger partial charge in [-0.15, -0.1) is 0 Å². The number of anilines is 2. The smallest absolute Gasteiger partial charge is 0.229 e. The molecule has 1 aliphatic heterocycles. The van der Waals surface area contributed by atoms with Crippen LogP contribution < -0.4 is 10.2 Å². The van der Waals surface area contributed by atoms with Gasteiger partial charge in [-0.2, -0.15) is 9.97 Å². The lowest BCUT2D eigenvalue weighted by Gasteiger charge is -2.27. The first kappa shape index (κ1) is 25.0. The average Bonchev–Trinajstić information content (AvgIpc) is 3.41. The number of aromatic nitrogens is 4. The molecule has 0 amide bonds. The number of ether oxygens (including phenoxy) is 1. The zero-order valence-corrected chi connectivity index (χ0v) is 21.8. The summed E-state index contributed by atoms with van der Waals surface area (Å²) >= 11 is 0. The van der Waals surface area contributed by atoms with E-state index in [-0.39, 0.29) is 12.6 Å². The second-order valence-electron chi connectivity index (χ2n) is 9.79. The van der Waals surface area contributed by atoms with Crippen molar-refractivity contribution in [1.29, 1.82) is 0 Å². The van der Waals surface area contributed by atoms with Gasteiger partial charge in [-0.3, -0.25) is 0 Å². The molecule has 8 nitrogen and oxygen atoms in total. The molecule has 1 saturated heterocycles. The van der Waals surface area contributed by atoms with Crippen LogP contribution in [-0.4, -0.2) is 63.6 Å². The first-order chi connectivity index (χ1) is 19.3. The first-order valence-electron chi connectivity index (χ1n) is 13.4. The van der Waals surface area contributed by atoms with Crippen molar-refractivity contribution in [3.63, 3.8) is 0 Å². The zero-order valence-electron chi connectivity index (χ0n) is 21.8. The topological polar surface area (TPSA) is 88.3 Å². The lowest BCUT2D eigenvalue weighted by atomic mass is 10.0. The van der Waals surface area contributed by atoms with Gasteiger partial charge in [0.05, 0.1) is 38.7 Å². The molecule has 1 aliphatic rings. The van der Waals surface area contributed by atoms with Crippen molar-refractivity contribution >= 4 is 22.9 Å². The van der Waals surface area contributed by atoms with Crippen LogP contribution in [0.15, 0.2) is 91.3 Å². The third kappa shape index (κ3) is 5.77. The number of imidazole rings is 1. The van der Waals surface area contributed by atoms with Gasteiger partial charge in [-0.05, 0) is 28.7 Å². The molecule has 0 aliphatic carbocycles. The van der Waals surface area contributed by atoms with E-state index in [4.69, 9.17) is 19.7 Å². The number of nitrogens with one attached hydrogen (secondary N) is 1. The number of fused-ring (bicyclic) bond motifs is 1. The Kier molecular flexibility index (Phi) is 7.47. The maximum Gasteiger partial charge on any atom is 0.229 e. The summed E-state index contributed by atoms with van der Waals surface area (Å²) < 4.78 is 7.62. The molecule has 2 aromatic heterocycles. The Bertz CT molecular complexity index is 1500. The van der Waals surface area contributed by atoms with Crippen molar-refractivity contribution in [2.24, 2.45) is 0 Å². The van der Waals surface area contributed by atoms with Gasteiger partial charge in [0.15, 0.2) is 17.0 Å². The molecule has 198 valence electrons. The number of aliphatic hydroxyl groups excluding tert-OH is 1. The second-order valence-corrected chi connectivity index (χ2v) is 9.79. The van der Waals surface area contributed by atoms with E-state index in [2.05, 4.69) is 75.4 Å². The molecule has 0 unspecified atom stereocenters. The molecule has 3 aromatic carbocycles. The molecule has 6 rings (SSSR count). The van der Waals surface area contributed by atoms with Crippen molar-refractivity contribution in [3.05, 3.63) is 102 Å². The highest BCUT2D eigenvalue weighted by molar-refractivity contribution is 5.84. The van der Waals surface area contributed by atoms with Gasteiger partial charge in [0.1, 0.15) is 0 Å². The van der Waals surface area contributed by atoms with Gasteiger partial charge in [-0.25, -0.2) is 4.98 Å². The summed E-state index contributed by atoms with van der Waals surface area (Å²) in [6.45, 7) is 3.36. The summed E-state index contributed by atoms with van der Waals surface area (Å²) in [5, 5.41) is 13.7. The van der Waals surface area contributed by atoms with Gasteiger partial charge in [0.25, 0.3) is 0 Å². The second kappa shape index (κ2) is 11.6. The van der Waals surface area contributed by atoms with E-state index >= 15 is 0 Å². The predicted molar refractivity (Wildman–Crippen MR) is 154 cm³/mol. The number of nitrogens with zero attached hydrogens (tertiary/aromatic N) is 5. The fraction of sp³-hybridized carbons (Fsp3) is 0.258. The SMILES string of the molecule is OC[C@H](Cc1ccccc1)Nc1nc(N2CCOCC2)nc2c1ncn2Cc1ccc(-c2ccccc2)cc1. The molecule has 0 radical (unpaired) electrons. The summed E-state index contributed by atoms with van der Waals surface area (Å²) in [7, 11) is 0. The van der Waals surface area contributed by atoms with Crippen LogP contribution in [0.2, 0.25) is 0 Å². The van der Waals surface area contributed by atoms with E-state index in [1.165, 1.54) is 11.1 Å². The van der Waals surface area contributed by atoms with E-state index in [0.717, 1.165) is 29.9 Å². The van der Waals surface area contributed by atoms with Crippen LogP contribution >= 0.6 is 0 Å². The van der Waals surface area contributed by atoms with Crippen molar-refractivity contribution in [3.8, 4) is 11.1 Å². The minimum atomic E-state index is -0.210. The Morgan fingerprint density at radius 2 is 1.51 bits per heavy atom. The van der Waals surface area contributed by atoms with Gasteiger partial charge >= 0.3 is 0 Å². The van der Waals surface area contributed by atoms with E-state index in [0.29, 0.717) is 43.5 Å². The number of rotatable bonds is 9. The van der Waals surface area contributed by atoms with Gasteiger partial charge in [0, 0.05) is 13.1 Å². The van der Waals surface area contributed by atoms with Crippen LogP contribution in [0.4, 0.5) is 11.8 Å². The molecule has 0 spiro atoms. The number of morpholine rings is 1. The zero-order chi connectivity index (χ0) is 26.4. The summed E-state index contributed by atoms with van der Waals surface area (Å²) in [6, 6.07) is 28.9. The molecular weight excluding hydrogens is 488 g/mol. The molecular formula is C31H32N6O2. The van der Waals surface area contributed by atoms with E-state index < -0.39 is 0 Å². The van der Waals surface area contributed by atoms with E-state index in [9.17, 15) is 5.11 Å². The Labute approximate surface area is 227 Å². The molecule has 3 heterocycles. The van der Waals surface area contributed by atoms with Crippen molar-refractivity contribution in [2.75, 3.05) is 43.1 Å². The maximum absolute atomic E-state index is 10.2. The molecule has 2 N–H and O–H groups in total. The monoisotopic (exact) mass is 520 g/mol. The minimum Gasteiger partial charge on any atom is -0.394 e. The molecule has 39 heavy (non-hydrogen) atoms. The van der Waals surface area contributed by atoms with Crippen LogP contribution in [0.25, 0.3) is 22.3 Å². The fourth-order valence-corrected chi connectivity index (χ4v) is 4.94. The third-order valence-corrected chi connectivity index (χ3v) is 7.05. The van der Waals surface area contributed by atoms with Crippen LogP contribution in [0.1, 0.15) is 11.1 Å². The third-order valence-electron chi connectivity index (χ3n) is 7.05. The highest BCUT2D eigenvalue weighted by Gasteiger charge is 2.21. The van der Waals surface area contributed by atoms with Crippen LogP contribution in [0, 0.1) is 0 Å². The molecule has 1 atom stereocenters. The molecule has 8 heteroatoms. The highest BCUT2D eigenvalue weighted by Crippen LogP contribution is 2.26. The van der Waals surface area contributed by atoms with Crippen molar-refractivity contribution < 1.29 is 9.84 Å². The molecule has 0 bridgehead atoms. The average molecular weight is 521 g/mol. The highest BCUT2D eigenvalue weighted by atomic mass is 16.5. The first-order valence-corrected chi connectivity index (χ1v) is 13.4. The van der Waals surface area contributed by atoms with Gasteiger partial charge in [-0.1, -0.05) is 84.9 Å². The molecule has 1 fully saturated rings. The number of hydrogen-bond donors (Lipinski definition) is 2. The van der Waals surface area contributed by atoms with Crippen LogP contribution in [-0.2, 0) is 17.7 Å². The summed E-state index contributed by atoms with van der Waals surface area (Å²) in [5.74, 6) is 1.28. The maximum atomic E-state index is 10.2. The Balaban J connectivity index is 1.31. The van der Waals surface area contributed by atoms with E-state index in [1.54, 1.807) is 0 Å². The lowest BCUT2D eigenvalue weighted by molar-refractivity contribution is 0.122. The quantitative estimate of drug-likeness (QED) is 0.298. The standard InChI is InChI=1S/C31H32N6O2/c38-21-27(19-23-7-3-1-4-8-23)33-29-28-30(35-31(34-29)36-15-17-39-18-16-36)37(22-32-28)20-24-11-13-26(14-12-24)25-9-5-2-6-10-25/h1-14,22,27,38H,15-21H2,(H,33,34,35)/t27-/m0/s1. The Morgan fingerprint density at radius 3 is 2.23 bits per heavy atom. The van der Waals surface area contributed by atoms with Crippen molar-refractivity contribution in [1.82, 2.24) is 19.5 Å². The lowest BCUT2D eigenvalue weighted by Crippen LogP contribution is -2.37. The fourth-order valence-electron chi connectivity index (χ4n) is 4.94. The van der Waals surface area contributed by atoms with Crippen molar-refractivity contribution in [2.45, 2.75) is 19.0 Å². The molecule has 0 saturated carbocycles. The predicted octanol–water partition coefficient (Wildman–Crippen LogP) is 4.39. The van der Waals surface area contributed by atoms with Gasteiger partial charge in [0.2, 0.25) is 5.95 Å². The largest absolute Gasteiger partial charge is 0.394 e. The Hall–Kier alpha value is -4.27. The summed E-state index contributed by atoms with van der Waals surface area (Å²) in [4.78, 5) is 16.7.